The highest BCUT2D eigenvalue weighted by Crippen LogP contribution is 2.46. The topological polar surface area (TPSA) is 29.5 Å². The number of anilines is 3. The molecule has 0 saturated carbocycles. The van der Waals surface area contributed by atoms with Crippen LogP contribution in [0.5, 0.6) is 0 Å². The van der Waals surface area contributed by atoms with Crippen LogP contribution in [0.4, 0.5) is 17.1 Å². The van der Waals surface area contributed by atoms with Crippen molar-refractivity contribution in [1.29, 1.82) is 0 Å². The molecule has 0 unspecified atom stereocenters. The number of hydrogen-bond donors (Lipinski definition) is 0. The first kappa shape index (κ1) is 29.1. The number of rotatable bonds is 6. The fourth-order valence-corrected chi connectivity index (χ4v) is 7.40. The molecule has 0 aliphatic heterocycles. The van der Waals surface area contributed by atoms with Gasteiger partial charge in [0.1, 0.15) is 16.7 Å². The number of para-hydroxylation sites is 3. The SMILES string of the molecule is c1ccc(-c2ccc(N(c3ccc(-c4ccccc4)cc3)c3cc(-c4cccc5c4oc4ccccc45)cc4c3oc3ccccc34)cc2)cc1. The molecule has 0 atom stereocenters. The number of nitrogens with zero attached hydrogens (tertiary/aromatic N) is 1. The molecule has 0 spiro atoms. The van der Waals surface area contributed by atoms with Crippen molar-refractivity contribution < 1.29 is 8.83 Å². The maximum Gasteiger partial charge on any atom is 0.159 e. The third-order valence-corrected chi connectivity index (χ3v) is 9.88. The smallest absolute Gasteiger partial charge is 0.159 e. The Balaban J connectivity index is 1.23. The number of furan rings is 2. The van der Waals surface area contributed by atoms with Gasteiger partial charge in [-0.3, -0.25) is 0 Å². The largest absolute Gasteiger partial charge is 0.455 e. The van der Waals surface area contributed by atoms with Crippen LogP contribution in [0.15, 0.2) is 197 Å². The van der Waals surface area contributed by atoms with Gasteiger partial charge in [0.15, 0.2) is 5.58 Å². The molecule has 240 valence electrons. The lowest BCUT2D eigenvalue weighted by Gasteiger charge is -2.26. The zero-order chi connectivity index (χ0) is 33.7. The van der Waals surface area contributed by atoms with E-state index in [1.807, 2.05) is 24.3 Å². The summed E-state index contributed by atoms with van der Waals surface area (Å²) in [6, 6.07) is 66.1. The van der Waals surface area contributed by atoms with Gasteiger partial charge in [-0.2, -0.15) is 0 Å². The van der Waals surface area contributed by atoms with Gasteiger partial charge in [-0.25, -0.2) is 0 Å². The van der Waals surface area contributed by atoms with E-state index in [9.17, 15) is 0 Å². The summed E-state index contributed by atoms with van der Waals surface area (Å²) in [5.74, 6) is 0. The highest BCUT2D eigenvalue weighted by molar-refractivity contribution is 6.14. The van der Waals surface area contributed by atoms with Gasteiger partial charge in [0, 0.05) is 38.5 Å². The lowest BCUT2D eigenvalue weighted by molar-refractivity contribution is 0.668. The second kappa shape index (κ2) is 11.9. The maximum atomic E-state index is 6.75. The van der Waals surface area contributed by atoms with Crippen molar-refractivity contribution in [3.8, 4) is 33.4 Å². The zero-order valence-corrected chi connectivity index (χ0v) is 27.7. The van der Waals surface area contributed by atoms with E-state index in [1.54, 1.807) is 0 Å². The van der Waals surface area contributed by atoms with Gasteiger partial charge in [-0.15, -0.1) is 0 Å². The van der Waals surface area contributed by atoms with Crippen molar-refractivity contribution >= 4 is 60.9 Å². The Morgan fingerprint density at radius 1 is 0.314 bits per heavy atom. The molecular formula is C48H31NO2. The summed E-state index contributed by atoms with van der Waals surface area (Å²) in [7, 11) is 0. The highest BCUT2D eigenvalue weighted by Gasteiger charge is 2.23. The van der Waals surface area contributed by atoms with Gasteiger partial charge in [0.05, 0.1) is 5.69 Å². The molecule has 0 fully saturated rings. The Labute approximate surface area is 295 Å². The minimum atomic E-state index is 0.830. The summed E-state index contributed by atoms with van der Waals surface area (Å²) in [5, 5.41) is 4.35. The van der Waals surface area contributed by atoms with Crippen LogP contribution in [0.2, 0.25) is 0 Å². The minimum Gasteiger partial charge on any atom is -0.455 e. The van der Waals surface area contributed by atoms with Crippen LogP contribution >= 0.6 is 0 Å². The monoisotopic (exact) mass is 653 g/mol. The molecule has 0 saturated heterocycles. The van der Waals surface area contributed by atoms with Crippen LogP contribution < -0.4 is 4.90 Å². The molecular weight excluding hydrogens is 623 g/mol. The average molecular weight is 654 g/mol. The van der Waals surface area contributed by atoms with Crippen LogP contribution in [0.3, 0.4) is 0 Å². The fourth-order valence-electron chi connectivity index (χ4n) is 7.40. The summed E-state index contributed by atoms with van der Waals surface area (Å²) in [5.41, 5.74) is 13.2. The predicted octanol–water partition coefficient (Wildman–Crippen LogP) is 14.0. The molecule has 0 amide bonds. The Morgan fingerprint density at radius 3 is 1.37 bits per heavy atom. The van der Waals surface area contributed by atoms with Crippen molar-refractivity contribution in [3.05, 3.63) is 188 Å². The molecule has 3 heteroatoms. The standard InChI is InChI=1S/C48H31NO2/c1-3-12-32(13-4-1)34-22-26-37(27-23-34)49(38-28-24-35(25-29-38)33-14-5-2-6-15-33)44-31-36(30-43-41-17-8-10-21-46(41)51-48(43)44)39-18-11-19-42-40-16-7-9-20-45(40)50-47(39)42/h1-31H. The minimum absolute atomic E-state index is 0.830. The van der Waals surface area contributed by atoms with Gasteiger partial charge in [0.2, 0.25) is 0 Å². The van der Waals surface area contributed by atoms with Crippen LogP contribution in [0, 0.1) is 0 Å². The van der Waals surface area contributed by atoms with Crippen LogP contribution in [0.1, 0.15) is 0 Å². The van der Waals surface area contributed by atoms with Crippen LogP contribution in [0.25, 0.3) is 77.3 Å². The van der Waals surface area contributed by atoms with Crippen molar-refractivity contribution in [1.82, 2.24) is 0 Å². The molecule has 51 heavy (non-hydrogen) atoms. The van der Waals surface area contributed by atoms with Gasteiger partial charge in [-0.1, -0.05) is 140 Å². The molecule has 2 aromatic heterocycles. The zero-order valence-electron chi connectivity index (χ0n) is 27.7. The van der Waals surface area contributed by atoms with E-state index < -0.39 is 0 Å². The molecule has 10 rings (SSSR count). The Kier molecular flexibility index (Phi) is 6.81. The van der Waals surface area contributed by atoms with Crippen molar-refractivity contribution in [2.24, 2.45) is 0 Å². The van der Waals surface area contributed by atoms with Crippen molar-refractivity contribution in [3.63, 3.8) is 0 Å². The first-order chi connectivity index (χ1) is 25.3. The third-order valence-electron chi connectivity index (χ3n) is 9.88. The molecule has 0 radical (unpaired) electrons. The highest BCUT2D eigenvalue weighted by atomic mass is 16.3. The first-order valence-electron chi connectivity index (χ1n) is 17.3. The second-order valence-electron chi connectivity index (χ2n) is 12.9. The van der Waals surface area contributed by atoms with E-state index in [0.717, 1.165) is 83.2 Å². The number of hydrogen-bond acceptors (Lipinski definition) is 3. The molecule has 0 aliphatic carbocycles. The lowest BCUT2D eigenvalue weighted by atomic mass is 9.98. The van der Waals surface area contributed by atoms with Crippen LogP contribution in [-0.2, 0) is 0 Å². The second-order valence-corrected chi connectivity index (χ2v) is 12.9. The predicted molar refractivity (Wildman–Crippen MR) is 212 cm³/mol. The number of fused-ring (bicyclic) bond motifs is 6. The van der Waals surface area contributed by atoms with E-state index >= 15 is 0 Å². The van der Waals surface area contributed by atoms with Crippen molar-refractivity contribution in [2.45, 2.75) is 0 Å². The van der Waals surface area contributed by atoms with Gasteiger partial charge in [-0.05, 0) is 76.3 Å². The van der Waals surface area contributed by atoms with Crippen LogP contribution in [-0.4, -0.2) is 0 Å². The summed E-state index contributed by atoms with van der Waals surface area (Å²) in [6.45, 7) is 0. The normalized spacial score (nSPS) is 11.5. The van der Waals surface area contributed by atoms with E-state index in [-0.39, 0.29) is 0 Å². The van der Waals surface area contributed by atoms with E-state index in [2.05, 4.69) is 169 Å². The Hall–Kier alpha value is -6.84. The quantitative estimate of drug-likeness (QED) is 0.179. The maximum absolute atomic E-state index is 6.75. The van der Waals surface area contributed by atoms with Crippen molar-refractivity contribution in [2.75, 3.05) is 4.90 Å². The molecule has 0 aliphatic rings. The van der Waals surface area contributed by atoms with E-state index in [4.69, 9.17) is 8.83 Å². The summed E-state index contributed by atoms with van der Waals surface area (Å²) < 4.78 is 13.3. The summed E-state index contributed by atoms with van der Waals surface area (Å²) in [4.78, 5) is 2.32. The fraction of sp³-hybridized carbons (Fsp3) is 0. The van der Waals surface area contributed by atoms with E-state index in [1.165, 1.54) is 11.1 Å². The Morgan fingerprint density at radius 2 is 0.784 bits per heavy atom. The van der Waals surface area contributed by atoms with Gasteiger partial charge < -0.3 is 13.7 Å². The lowest BCUT2D eigenvalue weighted by Crippen LogP contribution is -2.10. The van der Waals surface area contributed by atoms with Gasteiger partial charge >= 0.3 is 0 Å². The molecule has 2 heterocycles. The Bertz CT molecular complexity index is 2750. The molecule has 10 aromatic rings. The van der Waals surface area contributed by atoms with Gasteiger partial charge in [0.25, 0.3) is 0 Å². The molecule has 0 bridgehead atoms. The molecule has 8 aromatic carbocycles. The number of benzene rings is 8. The average Bonchev–Trinajstić information content (AvgIpc) is 3.78. The summed E-state index contributed by atoms with van der Waals surface area (Å²) >= 11 is 0. The molecule has 0 N–H and O–H groups in total. The first-order valence-corrected chi connectivity index (χ1v) is 17.3. The molecule has 3 nitrogen and oxygen atoms in total. The van der Waals surface area contributed by atoms with E-state index in [0.29, 0.717) is 0 Å². The third kappa shape index (κ3) is 4.98. The summed E-state index contributed by atoms with van der Waals surface area (Å²) in [6.07, 6.45) is 0.